The molecule has 0 aliphatic carbocycles. The van der Waals surface area contributed by atoms with Gasteiger partial charge in [0.15, 0.2) is 0 Å². The Labute approximate surface area is 94.2 Å². The lowest BCUT2D eigenvalue weighted by atomic mass is 10.0. The van der Waals surface area contributed by atoms with Gasteiger partial charge in [0.05, 0.1) is 12.4 Å². The fraction of sp³-hybridized carbons (Fsp3) is 0.875. The lowest BCUT2D eigenvalue weighted by Gasteiger charge is -2.19. The predicted octanol–water partition coefficient (Wildman–Crippen LogP) is -1.55. The zero-order valence-electron chi connectivity index (χ0n) is 9.05. The van der Waals surface area contributed by atoms with Gasteiger partial charge in [0.1, 0.15) is 5.54 Å². The molecule has 0 aromatic rings. The van der Waals surface area contributed by atoms with Crippen molar-refractivity contribution in [2.75, 3.05) is 32.6 Å². The molecule has 1 heterocycles. The van der Waals surface area contributed by atoms with Crippen molar-refractivity contribution in [3.63, 3.8) is 0 Å². The first-order valence-corrected chi connectivity index (χ1v) is 6.42. The van der Waals surface area contributed by atoms with E-state index < -0.39 is 21.5 Å². The molecule has 0 saturated carbocycles. The Bertz CT molecular complexity index is 369. The highest BCUT2D eigenvalue weighted by molar-refractivity contribution is 7.89. The molecule has 0 aromatic carbocycles. The topological polar surface area (TPSA) is 110 Å². The zero-order valence-corrected chi connectivity index (χ0v) is 9.87. The third kappa shape index (κ3) is 2.70. The van der Waals surface area contributed by atoms with E-state index in [0.29, 0.717) is 0 Å². The molecule has 16 heavy (non-hydrogen) atoms. The molecule has 94 valence electrons. The lowest BCUT2D eigenvalue weighted by molar-refractivity contribution is -0.142. The first kappa shape index (κ1) is 13.4. The number of carbonyl (C=O) groups is 1. The van der Waals surface area contributed by atoms with Crippen LogP contribution in [0.4, 0.5) is 0 Å². The molecule has 1 rings (SSSR count). The number of nitrogens with two attached hydrogens (primary N) is 1. The van der Waals surface area contributed by atoms with Crippen molar-refractivity contribution in [3.05, 3.63) is 0 Å². The quantitative estimate of drug-likeness (QED) is 0.613. The maximum Gasteiger partial charge on any atom is 0.325 e. The first-order chi connectivity index (χ1) is 7.32. The minimum Gasteiger partial charge on any atom is -0.480 e. The summed E-state index contributed by atoms with van der Waals surface area (Å²) >= 11 is 0. The van der Waals surface area contributed by atoms with E-state index in [1.165, 1.54) is 7.11 Å². The van der Waals surface area contributed by atoms with Crippen LogP contribution >= 0.6 is 0 Å². The molecule has 1 atom stereocenters. The van der Waals surface area contributed by atoms with Crippen LogP contribution in [-0.2, 0) is 19.6 Å². The number of ether oxygens (including phenoxy) is 1. The summed E-state index contributed by atoms with van der Waals surface area (Å²) in [6.45, 7) is 0.0622. The second-order valence-electron chi connectivity index (χ2n) is 3.85. The number of hydrogen-bond acceptors (Lipinski definition) is 5. The van der Waals surface area contributed by atoms with E-state index >= 15 is 0 Å². The van der Waals surface area contributed by atoms with Crippen LogP contribution in [0.2, 0.25) is 0 Å². The second-order valence-corrected chi connectivity index (χ2v) is 5.94. The molecule has 8 heteroatoms. The normalized spacial score (nSPS) is 27.1. The zero-order chi connectivity index (χ0) is 12.4. The molecule has 1 aliphatic heterocycles. The van der Waals surface area contributed by atoms with E-state index in [1.54, 1.807) is 0 Å². The Morgan fingerprint density at radius 3 is 2.69 bits per heavy atom. The Morgan fingerprint density at radius 2 is 2.25 bits per heavy atom. The number of methoxy groups -OCH3 is 1. The van der Waals surface area contributed by atoms with E-state index in [-0.39, 0.29) is 31.9 Å². The first-order valence-electron chi connectivity index (χ1n) is 4.81. The highest BCUT2D eigenvalue weighted by Crippen LogP contribution is 2.21. The van der Waals surface area contributed by atoms with Gasteiger partial charge in [-0.3, -0.25) is 4.79 Å². The summed E-state index contributed by atoms with van der Waals surface area (Å²) in [5.74, 6) is -1.32. The lowest BCUT2D eigenvalue weighted by Crippen LogP contribution is -2.50. The van der Waals surface area contributed by atoms with E-state index in [1.807, 2.05) is 0 Å². The number of carboxylic acids is 1. The number of hydrogen-bond donors (Lipinski definition) is 2. The maximum atomic E-state index is 11.7. The van der Waals surface area contributed by atoms with Crippen LogP contribution in [0.1, 0.15) is 6.42 Å². The van der Waals surface area contributed by atoms with Crippen LogP contribution in [0.15, 0.2) is 0 Å². The largest absolute Gasteiger partial charge is 0.480 e. The molecule has 7 nitrogen and oxygen atoms in total. The average Bonchev–Trinajstić information content (AvgIpc) is 2.60. The standard InChI is InChI=1S/C8H16N2O5S/c1-15-4-5-16(13,14)10-3-2-8(9,6-10)7(11)12/h2-6,9H2,1H3,(H,11,12). The molecule has 0 radical (unpaired) electrons. The Hall–Kier alpha value is -0.700. The SMILES string of the molecule is COCCS(=O)(=O)N1CCC(N)(C(=O)O)C1. The molecule has 3 N–H and O–H groups in total. The van der Waals surface area contributed by atoms with Crippen molar-refractivity contribution in [3.8, 4) is 0 Å². The van der Waals surface area contributed by atoms with Crippen LogP contribution in [-0.4, -0.2) is 61.9 Å². The molecule has 0 amide bonds. The van der Waals surface area contributed by atoms with Crippen molar-refractivity contribution in [2.45, 2.75) is 12.0 Å². The van der Waals surface area contributed by atoms with Gasteiger partial charge >= 0.3 is 5.97 Å². The molecule has 1 saturated heterocycles. The van der Waals surface area contributed by atoms with Gasteiger partial charge < -0.3 is 15.6 Å². The van der Waals surface area contributed by atoms with E-state index in [2.05, 4.69) is 4.74 Å². The van der Waals surface area contributed by atoms with Gasteiger partial charge in [-0.05, 0) is 6.42 Å². The van der Waals surface area contributed by atoms with Gasteiger partial charge in [0.2, 0.25) is 10.0 Å². The maximum absolute atomic E-state index is 11.7. The van der Waals surface area contributed by atoms with Crippen molar-refractivity contribution < 1.29 is 23.1 Å². The molecule has 0 bridgehead atoms. The van der Waals surface area contributed by atoms with Gasteiger partial charge in [-0.25, -0.2) is 8.42 Å². The number of nitrogens with zero attached hydrogens (tertiary/aromatic N) is 1. The summed E-state index contributed by atoms with van der Waals surface area (Å²) in [6, 6.07) is 0. The summed E-state index contributed by atoms with van der Waals surface area (Å²) in [5, 5.41) is 8.86. The summed E-state index contributed by atoms with van der Waals surface area (Å²) < 4.78 is 29.2. The Kier molecular flexibility index (Phi) is 3.89. The molecular formula is C8H16N2O5S. The fourth-order valence-electron chi connectivity index (χ4n) is 1.53. The van der Waals surface area contributed by atoms with E-state index in [0.717, 1.165) is 4.31 Å². The summed E-state index contributed by atoms with van der Waals surface area (Å²) in [4.78, 5) is 10.8. The molecule has 0 spiro atoms. The smallest absolute Gasteiger partial charge is 0.325 e. The van der Waals surface area contributed by atoms with Crippen molar-refractivity contribution in [1.82, 2.24) is 4.31 Å². The predicted molar refractivity (Wildman–Crippen MR) is 56.4 cm³/mol. The second kappa shape index (κ2) is 4.66. The van der Waals surface area contributed by atoms with Crippen LogP contribution in [0.5, 0.6) is 0 Å². The van der Waals surface area contributed by atoms with Gasteiger partial charge in [-0.2, -0.15) is 4.31 Å². The number of sulfonamides is 1. The van der Waals surface area contributed by atoms with Crippen molar-refractivity contribution >= 4 is 16.0 Å². The monoisotopic (exact) mass is 252 g/mol. The van der Waals surface area contributed by atoms with Crippen molar-refractivity contribution in [2.24, 2.45) is 5.73 Å². The van der Waals surface area contributed by atoms with Crippen LogP contribution in [0.25, 0.3) is 0 Å². The summed E-state index contributed by atoms with van der Waals surface area (Å²) in [6.07, 6.45) is 0.133. The fourth-order valence-corrected chi connectivity index (χ4v) is 2.96. The molecular weight excluding hydrogens is 236 g/mol. The average molecular weight is 252 g/mol. The van der Waals surface area contributed by atoms with E-state index in [9.17, 15) is 13.2 Å². The highest BCUT2D eigenvalue weighted by Gasteiger charge is 2.44. The van der Waals surface area contributed by atoms with Gasteiger partial charge in [0, 0.05) is 20.2 Å². The third-order valence-electron chi connectivity index (χ3n) is 2.63. The van der Waals surface area contributed by atoms with Crippen LogP contribution in [0.3, 0.4) is 0 Å². The summed E-state index contributed by atoms with van der Waals surface area (Å²) in [7, 11) is -2.05. The molecule has 1 fully saturated rings. The van der Waals surface area contributed by atoms with Crippen LogP contribution < -0.4 is 5.73 Å². The minimum absolute atomic E-state index is 0.0868. The van der Waals surface area contributed by atoms with Gasteiger partial charge in [-0.15, -0.1) is 0 Å². The Morgan fingerprint density at radius 1 is 1.62 bits per heavy atom. The number of aliphatic carboxylic acids is 1. The third-order valence-corrected chi connectivity index (χ3v) is 4.41. The van der Waals surface area contributed by atoms with Gasteiger partial charge in [-0.1, -0.05) is 0 Å². The molecule has 1 unspecified atom stereocenters. The van der Waals surface area contributed by atoms with Gasteiger partial charge in [0.25, 0.3) is 0 Å². The molecule has 1 aliphatic rings. The Balaban J connectivity index is 2.69. The highest BCUT2D eigenvalue weighted by atomic mass is 32.2. The molecule has 0 aromatic heterocycles. The minimum atomic E-state index is -3.46. The summed E-state index contributed by atoms with van der Waals surface area (Å²) in [5.41, 5.74) is 4.12. The van der Waals surface area contributed by atoms with E-state index in [4.69, 9.17) is 10.8 Å². The van der Waals surface area contributed by atoms with Crippen LogP contribution in [0, 0.1) is 0 Å². The van der Waals surface area contributed by atoms with Crippen molar-refractivity contribution in [1.29, 1.82) is 0 Å². The number of carboxylic acid groups (broad SMARTS) is 1. The number of rotatable bonds is 5.